The van der Waals surface area contributed by atoms with Crippen LogP contribution in [0.5, 0.6) is 0 Å². The first-order chi connectivity index (χ1) is 10.5. The number of hydrogen-bond acceptors (Lipinski definition) is 0. The Hall–Kier alpha value is -1.08. The van der Waals surface area contributed by atoms with Crippen LogP contribution in [-0.2, 0) is 36.4 Å². The van der Waals surface area contributed by atoms with E-state index < -0.39 is 0 Å². The normalized spacial score (nSPS) is 14.7. The van der Waals surface area contributed by atoms with Gasteiger partial charge >= 0.3 is 0 Å². The molecular weight excluding hydrogens is 332 g/mol. The largest absolute Gasteiger partial charge is 0.0876 e. The SMILES string of the molecule is CC(C)(C)c1cc2c(CBr)c(c1)CCc1cccc(c1)CC2. The van der Waals surface area contributed by atoms with Crippen molar-refractivity contribution < 1.29 is 0 Å². The first-order valence-corrected chi connectivity index (χ1v) is 9.38. The van der Waals surface area contributed by atoms with Crippen molar-refractivity contribution in [3.05, 3.63) is 69.8 Å². The van der Waals surface area contributed by atoms with Gasteiger partial charge in [0.05, 0.1) is 0 Å². The van der Waals surface area contributed by atoms with Gasteiger partial charge in [0, 0.05) is 5.33 Å². The van der Waals surface area contributed by atoms with Crippen molar-refractivity contribution in [2.75, 3.05) is 0 Å². The number of halogens is 1. The number of aryl methyl sites for hydroxylation is 4. The monoisotopic (exact) mass is 356 g/mol. The second-order valence-electron chi connectivity index (χ2n) is 7.48. The van der Waals surface area contributed by atoms with Crippen molar-refractivity contribution in [1.29, 1.82) is 0 Å². The minimum absolute atomic E-state index is 0.215. The number of alkyl halides is 1. The molecule has 0 heterocycles. The van der Waals surface area contributed by atoms with E-state index in [1.54, 1.807) is 0 Å². The molecule has 0 aromatic heterocycles. The maximum absolute atomic E-state index is 3.73. The van der Waals surface area contributed by atoms with Gasteiger partial charge in [0.25, 0.3) is 0 Å². The van der Waals surface area contributed by atoms with Gasteiger partial charge < -0.3 is 0 Å². The molecule has 0 aliphatic heterocycles. The molecule has 22 heavy (non-hydrogen) atoms. The molecule has 0 nitrogen and oxygen atoms in total. The van der Waals surface area contributed by atoms with Crippen LogP contribution in [0, 0.1) is 0 Å². The molecule has 0 fully saturated rings. The van der Waals surface area contributed by atoms with Gasteiger partial charge in [0.15, 0.2) is 0 Å². The summed E-state index contributed by atoms with van der Waals surface area (Å²) in [5.41, 5.74) is 9.24. The van der Waals surface area contributed by atoms with Crippen molar-refractivity contribution in [3.8, 4) is 0 Å². The standard InChI is InChI=1S/C21H25Br/c1-21(2,3)19-12-17-9-7-15-5-4-6-16(11-15)8-10-18(13-19)20(17)14-22/h4-6,11-13H,7-10,14H2,1-3H3. The average Bonchev–Trinajstić information content (AvgIpc) is 2.49. The fourth-order valence-corrected chi connectivity index (χ4v) is 4.07. The van der Waals surface area contributed by atoms with Crippen LogP contribution in [0.3, 0.4) is 0 Å². The molecule has 1 aliphatic carbocycles. The molecule has 0 radical (unpaired) electrons. The van der Waals surface area contributed by atoms with Gasteiger partial charge in [-0.05, 0) is 64.5 Å². The Morgan fingerprint density at radius 1 is 0.864 bits per heavy atom. The number of fused-ring (bicyclic) bond motifs is 4. The van der Waals surface area contributed by atoms with Gasteiger partial charge in [0.1, 0.15) is 0 Å². The predicted molar refractivity (Wildman–Crippen MR) is 99.0 cm³/mol. The summed E-state index contributed by atoms with van der Waals surface area (Å²) in [7, 11) is 0. The quantitative estimate of drug-likeness (QED) is 0.569. The van der Waals surface area contributed by atoms with Crippen molar-refractivity contribution in [2.24, 2.45) is 0 Å². The molecule has 1 aliphatic rings. The molecule has 0 amide bonds. The Balaban J connectivity index is 2.09. The highest BCUT2D eigenvalue weighted by atomic mass is 79.9. The average molecular weight is 357 g/mol. The highest BCUT2D eigenvalue weighted by Gasteiger charge is 2.19. The summed E-state index contributed by atoms with van der Waals surface area (Å²) in [6.07, 6.45) is 4.56. The molecule has 0 saturated carbocycles. The molecule has 2 aromatic rings. The highest BCUT2D eigenvalue weighted by molar-refractivity contribution is 9.08. The van der Waals surface area contributed by atoms with E-state index in [9.17, 15) is 0 Å². The van der Waals surface area contributed by atoms with Crippen LogP contribution in [0.1, 0.15) is 54.2 Å². The summed E-state index contributed by atoms with van der Waals surface area (Å²) < 4.78 is 0. The number of benzene rings is 2. The van der Waals surface area contributed by atoms with Gasteiger partial charge in [-0.1, -0.05) is 73.1 Å². The third-order valence-corrected chi connectivity index (χ3v) is 5.35. The van der Waals surface area contributed by atoms with Gasteiger partial charge in [-0.15, -0.1) is 0 Å². The van der Waals surface area contributed by atoms with E-state index in [2.05, 4.69) is 73.1 Å². The molecule has 0 unspecified atom stereocenters. The van der Waals surface area contributed by atoms with Gasteiger partial charge in [-0.2, -0.15) is 0 Å². The maximum Gasteiger partial charge on any atom is 0.0288 e. The van der Waals surface area contributed by atoms with E-state index in [-0.39, 0.29) is 5.41 Å². The minimum Gasteiger partial charge on any atom is -0.0876 e. The molecule has 3 rings (SSSR count). The van der Waals surface area contributed by atoms with Crippen LogP contribution in [0.2, 0.25) is 0 Å². The highest BCUT2D eigenvalue weighted by Crippen LogP contribution is 2.31. The topological polar surface area (TPSA) is 0 Å². The molecule has 4 bridgehead atoms. The molecule has 0 saturated heterocycles. The summed E-state index contributed by atoms with van der Waals surface area (Å²) >= 11 is 3.73. The second-order valence-corrected chi connectivity index (χ2v) is 8.04. The molecule has 0 N–H and O–H groups in total. The zero-order valence-corrected chi connectivity index (χ0v) is 15.5. The summed E-state index contributed by atoms with van der Waals surface area (Å²) in [6, 6.07) is 14.1. The maximum atomic E-state index is 3.73. The van der Waals surface area contributed by atoms with Gasteiger partial charge in [-0.3, -0.25) is 0 Å². The minimum atomic E-state index is 0.215. The Kier molecular flexibility index (Phi) is 4.45. The first kappa shape index (κ1) is 15.8. The molecule has 116 valence electrons. The van der Waals surface area contributed by atoms with Crippen molar-refractivity contribution in [1.82, 2.24) is 0 Å². The molecule has 0 atom stereocenters. The van der Waals surface area contributed by atoms with E-state index in [0.29, 0.717) is 0 Å². The van der Waals surface area contributed by atoms with E-state index in [1.165, 1.54) is 33.4 Å². The van der Waals surface area contributed by atoms with E-state index >= 15 is 0 Å². The number of hydrogen-bond donors (Lipinski definition) is 0. The van der Waals surface area contributed by atoms with Crippen LogP contribution < -0.4 is 0 Å². The van der Waals surface area contributed by atoms with E-state index in [1.807, 2.05) is 0 Å². The zero-order valence-electron chi connectivity index (χ0n) is 13.9. The Morgan fingerprint density at radius 3 is 1.86 bits per heavy atom. The van der Waals surface area contributed by atoms with Gasteiger partial charge in [-0.25, -0.2) is 0 Å². The Labute approximate surface area is 143 Å². The summed E-state index contributed by atoms with van der Waals surface area (Å²) in [5, 5.41) is 0.968. The summed E-state index contributed by atoms with van der Waals surface area (Å²) in [4.78, 5) is 0. The predicted octanol–water partition coefficient (Wildman–Crippen LogP) is 5.76. The Bertz CT molecular complexity index is 632. The van der Waals surface area contributed by atoms with E-state index in [4.69, 9.17) is 0 Å². The summed E-state index contributed by atoms with van der Waals surface area (Å²) in [6.45, 7) is 6.95. The van der Waals surface area contributed by atoms with Crippen LogP contribution in [0.25, 0.3) is 0 Å². The molecule has 0 spiro atoms. The lowest BCUT2D eigenvalue weighted by Crippen LogP contribution is -2.15. The lowest BCUT2D eigenvalue weighted by atomic mass is 9.81. The lowest BCUT2D eigenvalue weighted by Gasteiger charge is -2.24. The summed E-state index contributed by atoms with van der Waals surface area (Å²) in [5.74, 6) is 0. The van der Waals surface area contributed by atoms with E-state index in [0.717, 1.165) is 31.0 Å². The van der Waals surface area contributed by atoms with Crippen LogP contribution in [-0.4, -0.2) is 0 Å². The van der Waals surface area contributed by atoms with Crippen molar-refractivity contribution >= 4 is 15.9 Å². The Morgan fingerprint density at radius 2 is 1.41 bits per heavy atom. The third-order valence-electron chi connectivity index (χ3n) is 4.79. The fourth-order valence-electron chi connectivity index (χ4n) is 3.35. The van der Waals surface area contributed by atoms with Crippen LogP contribution >= 0.6 is 15.9 Å². The third kappa shape index (κ3) is 3.30. The molecular formula is C21H25Br. The van der Waals surface area contributed by atoms with Crippen LogP contribution in [0.4, 0.5) is 0 Å². The lowest BCUT2D eigenvalue weighted by molar-refractivity contribution is 0.587. The smallest absolute Gasteiger partial charge is 0.0288 e. The zero-order chi connectivity index (χ0) is 15.7. The second kappa shape index (κ2) is 6.20. The van der Waals surface area contributed by atoms with Crippen LogP contribution in [0.15, 0.2) is 36.4 Å². The number of rotatable bonds is 1. The van der Waals surface area contributed by atoms with Crippen molar-refractivity contribution in [3.63, 3.8) is 0 Å². The fraction of sp³-hybridized carbons (Fsp3) is 0.429. The molecule has 1 heteroatoms. The molecule has 2 aromatic carbocycles. The van der Waals surface area contributed by atoms with Gasteiger partial charge in [0.2, 0.25) is 0 Å². The first-order valence-electron chi connectivity index (χ1n) is 8.26. The van der Waals surface area contributed by atoms with Crippen molar-refractivity contribution in [2.45, 2.75) is 57.2 Å².